The minimum Gasteiger partial charge on any atom is -0.478 e. The number of piperidine rings is 1. The highest BCUT2D eigenvalue weighted by Crippen LogP contribution is 2.23. The third kappa shape index (κ3) is 4.47. The highest BCUT2D eigenvalue weighted by molar-refractivity contribution is 7.88. The minimum absolute atomic E-state index is 0.248. The summed E-state index contributed by atoms with van der Waals surface area (Å²) in [5.74, 6) is -0.642. The molecule has 1 unspecified atom stereocenters. The minimum atomic E-state index is -3.13. The fourth-order valence-corrected chi connectivity index (χ4v) is 4.27. The van der Waals surface area contributed by atoms with E-state index in [2.05, 4.69) is 4.98 Å². The van der Waals surface area contributed by atoms with Gasteiger partial charge in [0.1, 0.15) is 0 Å². The van der Waals surface area contributed by atoms with E-state index in [1.165, 1.54) is 6.26 Å². The number of carboxylic acids is 1. The summed E-state index contributed by atoms with van der Waals surface area (Å²) in [6, 6.07) is 10.5. The Bertz CT molecular complexity index is 877. The van der Waals surface area contributed by atoms with Crippen LogP contribution in [0.1, 0.15) is 28.8 Å². The lowest BCUT2D eigenvalue weighted by Crippen LogP contribution is -2.39. The number of benzene rings is 1. The maximum absolute atomic E-state index is 11.7. The van der Waals surface area contributed by atoms with Gasteiger partial charge in [-0.25, -0.2) is 17.5 Å². The fraction of sp³-hybridized carbons (Fsp3) is 0.368. The molecule has 0 radical (unpaired) electrons. The van der Waals surface area contributed by atoms with E-state index in [9.17, 15) is 13.2 Å². The molecule has 1 aromatic carbocycles. The van der Waals surface area contributed by atoms with E-state index in [0.29, 0.717) is 19.0 Å². The number of hydrogen-bond donors (Lipinski definition) is 1. The van der Waals surface area contributed by atoms with Crippen LogP contribution in [0.25, 0.3) is 11.3 Å². The van der Waals surface area contributed by atoms with E-state index >= 15 is 0 Å². The standard InChI is InChI=1S/C19H22N2O4S/c1-26(24,25)21-10-2-3-15(13-21)11-14-4-9-18(20-12-14)16-5-7-17(8-6-16)19(22)23/h4-9,12,15H,2-3,10-11,13H2,1H3,(H,22,23). The van der Waals surface area contributed by atoms with E-state index in [1.54, 1.807) is 28.6 Å². The lowest BCUT2D eigenvalue weighted by Gasteiger charge is -2.30. The van der Waals surface area contributed by atoms with Gasteiger partial charge in [0.25, 0.3) is 0 Å². The average molecular weight is 374 g/mol. The predicted octanol–water partition coefficient (Wildman–Crippen LogP) is 2.66. The number of aromatic carboxylic acids is 1. The monoisotopic (exact) mass is 374 g/mol. The molecule has 1 aliphatic heterocycles. The second kappa shape index (κ2) is 7.55. The molecule has 1 atom stereocenters. The van der Waals surface area contributed by atoms with Gasteiger partial charge in [-0.1, -0.05) is 18.2 Å². The molecule has 0 amide bonds. The molecule has 1 fully saturated rings. The Morgan fingerprint density at radius 2 is 1.96 bits per heavy atom. The zero-order chi connectivity index (χ0) is 18.7. The van der Waals surface area contributed by atoms with Gasteiger partial charge in [0.15, 0.2) is 0 Å². The number of aromatic nitrogens is 1. The van der Waals surface area contributed by atoms with Gasteiger partial charge >= 0.3 is 5.97 Å². The molecule has 0 saturated carbocycles. The number of carboxylic acid groups (broad SMARTS) is 1. The Kier molecular flexibility index (Phi) is 5.38. The predicted molar refractivity (Wildman–Crippen MR) is 99.5 cm³/mol. The van der Waals surface area contributed by atoms with Gasteiger partial charge in [0.2, 0.25) is 10.0 Å². The van der Waals surface area contributed by atoms with Gasteiger partial charge in [-0.3, -0.25) is 4.98 Å². The quantitative estimate of drug-likeness (QED) is 0.869. The summed E-state index contributed by atoms with van der Waals surface area (Å²) < 4.78 is 25.0. The lowest BCUT2D eigenvalue weighted by molar-refractivity contribution is 0.0697. The summed E-state index contributed by atoms with van der Waals surface area (Å²) in [5, 5.41) is 8.95. The number of hydrogen-bond acceptors (Lipinski definition) is 4. The van der Waals surface area contributed by atoms with Gasteiger partial charge < -0.3 is 5.11 Å². The molecule has 6 nitrogen and oxygen atoms in total. The Morgan fingerprint density at radius 1 is 1.23 bits per heavy atom. The van der Waals surface area contributed by atoms with Crippen molar-refractivity contribution >= 4 is 16.0 Å². The first-order valence-electron chi connectivity index (χ1n) is 8.57. The van der Waals surface area contributed by atoms with Crippen molar-refractivity contribution in [2.24, 2.45) is 5.92 Å². The van der Waals surface area contributed by atoms with Crippen molar-refractivity contribution in [1.29, 1.82) is 0 Å². The van der Waals surface area contributed by atoms with E-state index in [0.717, 1.165) is 36.1 Å². The van der Waals surface area contributed by atoms with Crippen molar-refractivity contribution in [1.82, 2.24) is 9.29 Å². The summed E-state index contributed by atoms with van der Waals surface area (Å²) in [5.41, 5.74) is 2.98. The van der Waals surface area contributed by atoms with Crippen molar-refractivity contribution in [2.45, 2.75) is 19.3 Å². The molecule has 1 aromatic heterocycles. The Hall–Kier alpha value is -2.25. The first-order chi connectivity index (χ1) is 12.3. The smallest absolute Gasteiger partial charge is 0.335 e. The molecular weight excluding hydrogens is 352 g/mol. The summed E-state index contributed by atoms with van der Waals surface area (Å²) >= 11 is 0. The molecule has 1 saturated heterocycles. The molecule has 2 heterocycles. The Morgan fingerprint density at radius 3 is 2.54 bits per heavy atom. The Labute approximate surface area is 153 Å². The molecule has 1 N–H and O–H groups in total. The van der Waals surface area contributed by atoms with Gasteiger partial charge in [0, 0.05) is 24.8 Å². The van der Waals surface area contributed by atoms with Crippen LogP contribution in [0, 0.1) is 5.92 Å². The van der Waals surface area contributed by atoms with Crippen LogP contribution < -0.4 is 0 Å². The summed E-state index contributed by atoms with van der Waals surface area (Å²) in [4.78, 5) is 15.4. The molecule has 26 heavy (non-hydrogen) atoms. The molecular formula is C19H22N2O4S. The van der Waals surface area contributed by atoms with Gasteiger partial charge in [-0.15, -0.1) is 0 Å². The van der Waals surface area contributed by atoms with Crippen LogP contribution in [0.15, 0.2) is 42.6 Å². The molecule has 2 aromatic rings. The number of nitrogens with zero attached hydrogens (tertiary/aromatic N) is 2. The fourth-order valence-electron chi connectivity index (χ4n) is 3.33. The van der Waals surface area contributed by atoms with Crippen LogP contribution in [0.2, 0.25) is 0 Å². The Balaban J connectivity index is 1.67. The first-order valence-corrected chi connectivity index (χ1v) is 10.4. The van der Waals surface area contributed by atoms with E-state index in [1.807, 2.05) is 18.3 Å². The van der Waals surface area contributed by atoms with Gasteiger partial charge in [-0.2, -0.15) is 0 Å². The number of carbonyl (C=O) groups is 1. The topological polar surface area (TPSA) is 87.6 Å². The van der Waals surface area contributed by atoms with Crippen molar-refractivity contribution in [3.05, 3.63) is 53.7 Å². The number of sulfonamides is 1. The highest BCUT2D eigenvalue weighted by atomic mass is 32.2. The second-order valence-electron chi connectivity index (χ2n) is 6.77. The van der Waals surface area contributed by atoms with Crippen molar-refractivity contribution < 1.29 is 18.3 Å². The largest absolute Gasteiger partial charge is 0.478 e. The normalized spacial score (nSPS) is 18.6. The van der Waals surface area contributed by atoms with E-state index in [-0.39, 0.29) is 5.56 Å². The van der Waals surface area contributed by atoms with Gasteiger partial charge in [0.05, 0.1) is 17.5 Å². The van der Waals surface area contributed by atoms with E-state index < -0.39 is 16.0 Å². The molecule has 0 bridgehead atoms. The molecule has 138 valence electrons. The first kappa shape index (κ1) is 18.5. The van der Waals surface area contributed by atoms with Crippen LogP contribution in [-0.2, 0) is 16.4 Å². The molecule has 0 spiro atoms. The zero-order valence-corrected chi connectivity index (χ0v) is 15.4. The molecule has 1 aliphatic rings. The van der Waals surface area contributed by atoms with Gasteiger partial charge in [-0.05, 0) is 48.9 Å². The summed E-state index contributed by atoms with van der Waals surface area (Å²) in [7, 11) is -3.13. The lowest BCUT2D eigenvalue weighted by atomic mass is 9.93. The van der Waals surface area contributed by atoms with Crippen LogP contribution in [-0.4, -0.2) is 48.1 Å². The molecule has 0 aliphatic carbocycles. The maximum Gasteiger partial charge on any atom is 0.335 e. The van der Waals surface area contributed by atoms with E-state index in [4.69, 9.17) is 5.11 Å². The summed E-state index contributed by atoms with van der Waals surface area (Å²) in [6.45, 7) is 1.18. The summed E-state index contributed by atoms with van der Waals surface area (Å²) in [6.07, 6.45) is 5.79. The van der Waals surface area contributed by atoms with Crippen molar-refractivity contribution in [2.75, 3.05) is 19.3 Å². The van der Waals surface area contributed by atoms with Crippen LogP contribution in [0.3, 0.4) is 0 Å². The van der Waals surface area contributed by atoms with Crippen LogP contribution in [0.4, 0.5) is 0 Å². The third-order valence-electron chi connectivity index (χ3n) is 4.73. The number of pyridine rings is 1. The zero-order valence-electron chi connectivity index (χ0n) is 14.6. The van der Waals surface area contributed by atoms with Crippen LogP contribution >= 0.6 is 0 Å². The SMILES string of the molecule is CS(=O)(=O)N1CCCC(Cc2ccc(-c3ccc(C(=O)O)cc3)nc2)C1. The van der Waals surface area contributed by atoms with Crippen molar-refractivity contribution in [3.63, 3.8) is 0 Å². The molecule has 3 rings (SSSR count). The van der Waals surface area contributed by atoms with Crippen LogP contribution in [0.5, 0.6) is 0 Å². The maximum atomic E-state index is 11.7. The highest BCUT2D eigenvalue weighted by Gasteiger charge is 2.25. The van der Waals surface area contributed by atoms with Crippen molar-refractivity contribution in [3.8, 4) is 11.3 Å². The average Bonchev–Trinajstić information content (AvgIpc) is 2.62. The second-order valence-corrected chi connectivity index (χ2v) is 8.75. The number of rotatable bonds is 5. The third-order valence-corrected chi connectivity index (χ3v) is 6.00. The molecule has 7 heteroatoms.